The Hall–Kier alpha value is -1.73. The number of carbonyl (C=O) groups is 2. The lowest BCUT2D eigenvalue weighted by Gasteiger charge is -2.55. The van der Waals surface area contributed by atoms with E-state index in [1.165, 1.54) is 83.5 Å². The minimum atomic E-state index is -1.33. The predicted octanol–water partition coefficient (Wildman–Crippen LogP) is -2.19. The lowest BCUT2D eigenvalue weighted by Crippen LogP contribution is -3.00. The van der Waals surface area contributed by atoms with Gasteiger partial charge in [0.2, 0.25) is 5.91 Å². The molecule has 2 aromatic rings. The molecular weight excluding hydrogens is 582 g/mol. The Labute approximate surface area is 256 Å². The minimum Gasteiger partial charge on any atom is -1.00 e. The highest BCUT2D eigenvalue weighted by Gasteiger charge is 2.58. The summed E-state index contributed by atoms with van der Waals surface area (Å²) in [6.07, 6.45) is 1.37. The number of quaternary nitrogens is 2. The quantitative estimate of drug-likeness (QED) is 0.166. The number of carboxylic acid groups (broad SMARTS) is 1. The first-order valence-electron chi connectivity index (χ1n) is 14.5. The maximum atomic E-state index is 12.6. The Morgan fingerprint density at radius 3 is 2.49 bits per heavy atom. The zero-order chi connectivity index (χ0) is 28.2. The van der Waals surface area contributed by atoms with Gasteiger partial charge in [-0.3, -0.25) is 4.79 Å². The van der Waals surface area contributed by atoms with Crippen LogP contribution in [0.4, 0.5) is 0 Å². The lowest BCUT2D eigenvalue weighted by atomic mass is 9.78. The number of carbonyl (C=O) groups excluding carboxylic acids is 2. The molecule has 224 valence electrons. The van der Waals surface area contributed by atoms with Gasteiger partial charge in [0, 0.05) is 24.5 Å². The summed E-state index contributed by atoms with van der Waals surface area (Å²) in [7, 11) is 0. The van der Waals surface area contributed by atoms with Crippen molar-refractivity contribution in [3.05, 3.63) is 35.0 Å². The number of hydrogen-bond donors (Lipinski definition) is 2. The number of thioether (sulfide) groups is 1. The molecule has 4 saturated heterocycles. The average Bonchev–Trinajstić information content (AvgIpc) is 3.46. The number of aliphatic hydroxyl groups is 1. The number of rotatable bonds is 11. The fraction of sp³-hybridized carbons (Fsp3) is 0.621. The van der Waals surface area contributed by atoms with E-state index in [9.17, 15) is 19.8 Å². The molecule has 5 aliphatic heterocycles. The second kappa shape index (κ2) is 11.7. The Kier molecular flexibility index (Phi) is 8.80. The standard InChI is InChI=1S/C29H40N5O4S2.ClH/c1-18-21(26(28(37)38)32-25(18)24(19(2)35)27(32)36)17-39-29-31-22-16-20(4-5-23(22)40-29)6-9-34-13-10-33(11-14-34,12-15-34)8-3-7-30;/h4-5,16,18-19,24-25,35H,3,6-15,17,30H2,1-2H3;1H/q+1;/p-1/t18-,19+,24+,25+,33?,34?;/m0./s1. The van der Waals surface area contributed by atoms with Crippen LogP contribution in [0.1, 0.15) is 25.8 Å². The van der Waals surface area contributed by atoms with Gasteiger partial charge in [0.05, 0.1) is 53.0 Å². The fourth-order valence-electron chi connectivity index (χ4n) is 7.54. The van der Waals surface area contributed by atoms with Crippen molar-refractivity contribution in [3.63, 3.8) is 0 Å². The average molecular weight is 622 g/mol. The number of nitrogens with two attached hydrogens (primary N) is 1. The highest BCUT2D eigenvalue weighted by Crippen LogP contribution is 2.48. The molecule has 4 fully saturated rings. The van der Waals surface area contributed by atoms with E-state index in [2.05, 4.69) is 18.2 Å². The number of hydrogen-bond acceptors (Lipinski definition) is 8. The largest absolute Gasteiger partial charge is 1.00 e. The van der Waals surface area contributed by atoms with Crippen molar-refractivity contribution >= 4 is 45.2 Å². The Morgan fingerprint density at radius 1 is 1.22 bits per heavy atom. The van der Waals surface area contributed by atoms with Gasteiger partial charge in [-0.05, 0) is 36.7 Å². The molecule has 1 aromatic carbocycles. The molecule has 0 saturated carbocycles. The summed E-state index contributed by atoms with van der Waals surface area (Å²) in [5.41, 5.74) is 8.76. The number of aromatic nitrogens is 1. The molecule has 5 aliphatic rings. The lowest BCUT2D eigenvalue weighted by molar-refractivity contribution is -1.08. The Bertz CT molecular complexity index is 1340. The van der Waals surface area contributed by atoms with Crippen molar-refractivity contribution in [2.45, 2.75) is 43.2 Å². The van der Waals surface area contributed by atoms with Crippen LogP contribution in [0.2, 0.25) is 0 Å². The third-order valence-corrected chi connectivity index (χ3v) is 12.4. The first-order valence-corrected chi connectivity index (χ1v) is 16.3. The first kappa shape index (κ1) is 30.7. The van der Waals surface area contributed by atoms with E-state index < -0.39 is 18.0 Å². The van der Waals surface area contributed by atoms with E-state index in [1.807, 2.05) is 6.92 Å². The van der Waals surface area contributed by atoms with Gasteiger partial charge in [-0.15, -0.1) is 11.3 Å². The molecule has 9 nitrogen and oxygen atoms in total. The third-order valence-electron chi connectivity index (χ3n) is 10.1. The molecular formula is C29H40ClN5O4S2. The Morgan fingerprint density at radius 2 is 1.88 bits per heavy atom. The van der Waals surface area contributed by atoms with Crippen molar-refractivity contribution in [1.29, 1.82) is 0 Å². The van der Waals surface area contributed by atoms with E-state index >= 15 is 0 Å². The topological polar surface area (TPSA) is 120 Å². The number of β-lactam (4-membered cyclic amide) rings is 1. The predicted molar refractivity (Wildman–Crippen MR) is 154 cm³/mol. The van der Waals surface area contributed by atoms with Gasteiger partial charge in [-0.1, -0.05) is 24.8 Å². The van der Waals surface area contributed by atoms with E-state index in [1.54, 1.807) is 18.3 Å². The number of fused-ring (bicyclic) bond motifs is 5. The highest BCUT2D eigenvalue weighted by molar-refractivity contribution is 8.01. The zero-order valence-electron chi connectivity index (χ0n) is 23.8. The van der Waals surface area contributed by atoms with Crippen LogP contribution in [-0.4, -0.2) is 113 Å². The van der Waals surface area contributed by atoms with Gasteiger partial charge in [0.15, 0.2) is 4.34 Å². The van der Waals surface area contributed by atoms with Gasteiger partial charge in [-0.25, -0.2) is 4.98 Å². The number of nitrogens with zero attached hydrogens (tertiary/aromatic N) is 4. The van der Waals surface area contributed by atoms with Crippen molar-refractivity contribution in [2.75, 3.05) is 64.7 Å². The van der Waals surface area contributed by atoms with Gasteiger partial charge < -0.3 is 47.0 Å². The van der Waals surface area contributed by atoms with Crippen LogP contribution in [0.15, 0.2) is 33.8 Å². The molecule has 1 aromatic heterocycles. The molecule has 4 atom stereocenters. The molecule has 7 rings (SSSR count). The molecule has 0 spiro atoms. The molecule has 1 amide bonds. The summed E-state index contributed by atoms with van der Waals surface area (Å²) in [4.78, 5) is 30.8. The van der Waals surface area contributed by atoms with Crippen molar-refractivity contribution in [2.24, 2.45) is 17.6 Å². The highest BCUT2D eigenvalue weighted by atomic mass is 35.5. The van der Waals surface area contributed by atoms with E-state index in [0.717, 1.165) is 33.9 Å². The summed E-state index contributed by atoms with van der Waals surface area (Å²) in [6, 6.07) is 6.29. The second-order valence-electron chi connectivity index (χ2n) is 12.4. The van der Waals surface area contributed by atoms with Gasteiger partial charge in [0.25, 0.3) is 0 Å². The maximum absolute atomic E-state index is 12.6. The van der Waals surface area contributed by atoms with E-state index in [0.29, 0.717) is 11.3 Å². The van der Waals surface area contributed by atoms with Crippen LogP contribution in [0.3, 0.4) is 0 Å². The molecule has 41 heavy (non-hydrogen) atoms. The van der Waals surface area contributed by atoms with Crippen molar-refractivity contribution in [3.8, 4) is 0 Å². The summed E-state index contributed by atoms with van der Waals surface area (Å²) in [6.45, 7) is 14.4. The Balaban J connectivity index is 0.00000337. The smallest absolute Gasteiger partial charge is 0.235 e. The van der Waals surface area contributed by atoms with Crippen LogP contribution in [0, 0.1) is 11.8 Å². The summed E-state index contributed by atoms with van der Waals surface area (Å²) in [5.74, 6) is -1.95. The molecule has 0 radical (unpaired) electrons. The summed E-state index contributed by atoms with van der Waals surface area (Å²) in [5, 5.41) is 22.0. The maximum Gasteiger partial charge on any atom is 0.235 e. The third kappa shape index (κ3) is 5.43. The normalized spacial score (nSPS) is 31.3. The second-order valence-corrected chi connectivity index (χ2v) is 14.6. The zero-order valence-corrected chi connectivity index (χ0v) is 26.1. The molecule has 6 heterocycles. The van der Waals surface area contributed by atoms with Crippen molar-refractivity contribution < 1.29 is 41.2 Å². The van der Waals surface area contributed by atoms with Gasteiger partial charge >= 0.3 is 0 Å². The van der Waals surface area contributed by atoms with Crippen LogP contribution in [0.5, 0.6) is 0 Å². The fourth-order valence-corrected chi connectivity index (χ4v) is 9.74. The number of amides is 1. The molecule has 12 heteroatoms. The number of aliphatic hydroxyl groups excluding tert-OH is 1. The molecule has 0 unspecified atom stereocenters. The number of piperazine rings is 3. The number of carboxylic acids is 1. The van der Waals surface area contributed by atoms with Crippen LogP contribution >= 0.6 is 23.1 Å². The molecule has 2 bridgehead atoms. The number of halogens is 1. The van der Waals surface area contributed by atoms with Gasteiger partial charge in [0.1, 0.15) is 39.3 Å². The van der Waals surface area contributed by atoms with E-state index in [4.69, 9.17) is 10.7 Å². The van der Waals surface area contributed by atoms with E-state index in [-0.39, 0.29) is 36.0 Å². The van der Waals surface area contributed by atoms with Crippen molar-refractivity contribution in [1.82, 2.24) is 9.88 Å². The summed E-state index contributed by atoms with van der Waals surface area (Å²) < 4.78 is 4.53. The minimum absolute atomic E-state index is 0. The first-order chi connectivity index (χ1) is 19.2. The SMILES string of the molecule is C[C@@H](O)[C@H]1C(=O)N2C(C(=O)[O-])=C(CSc3nc4cc(CC[N+]56CC[N+](CCCN)(CC5)CC6)ccc4s3)[C@H](C)[C@H]12.[Cl-]. The van der Waals surface area contributed by atoms with Crippen LogP contribution in [0.25, 0.3) is 10.2 Å². The number of benzene rings is 1. The number of thiazole rings is 1. The molecule has 3 N–H and O–H groups in total. The monoisotopic (exact) mass is 621 g/mol. The van der Waals surface area contributed by atoms with Crippen LogP contribution < -0.4 is 23.2 Å². The van der Waals surface area contributed by atoms with Gasteiger partial charge in [-0.2, -0.15) is 0 Å². The molecule has 0 aliphatic carbocycles. The number of aliphatic carboxylic acids is 1. The summed E-state index contributed by atoms with van der Waals surface area (Å²) >= 11 is 3.13. The van der Waals surface area contributed by atoms with Crippen LogP contribution in [-0.2, 0) is 16.0 Å².